The summed E-state index contributed by atoms with van der Waals surface area (Å²) in [6, 6.07) is 7.80. The Morgan fingerprint density at radius 1 is 1.00 bits per heavy atom. The van der Waals surface area contributed by atoms with Crippen LogP contribution in [0.5, 0.6) is 0 Å². The number of benzene rings is 1. The number of hydrogen-bond acceptors (Lipinski definition) is 5. The largest absolute Gasteiger partial charge is 0.445 e. The first kappa shape index (κ1) is 30.1. The van der Waals surface area contributed by atoms with Crippen molar-refractivity contribution in [2.24, 2.45) is 11.8 Å². The molecule has 1 aromatic rings. The topological polar surface area (TPSA) is 114 Å². The maximum Gasteiger partial charge on any atom is 0.408 e. The van der Waals surface area contributed by atoms with E-state index < -0.39 is 30.0 Å². The highest BCUT2D eigenvalue weighted by Crippen LogP contribution is 2.06. The van der Waals surface area contributed by atoms with Crippen molar-refractivity contribution >= 4 is 24.2 Å². The van der Waals surface area contributed by atoms with Crippen molar-refractivity contribution in [3.8, 4) is 0 Å². The second-order valence-electron chi connectivity index (χ2n) is 8.94. The third-order valence-corrected chi connectivity index (χ3v) is 4.06. The third-order valence-electron chi connectivity index (χ3n) is 4.06. The molecule has 0 aliphatic carbocycles. The molecule has 8 heteroatoms. The SMILES string of the molecule is CC(C)C.CCC[C@@H](C=O)NC(=O)CNC(=O)C(CC(C)C)NC(=O)OCc1ccccc1. The molecule has 0 bridgehead atoms. The van der Waals surface area contributed by atoms with Crippen LogP contribution < -0.4 is 16.0 Å². The summed E-state index contributed by atoms with van der Waals surface area (Å²) in [6.07, 6.45) is 1.65. The van der Waals surface area contributed by atoms with E-state index in [1.807, 2.05) is 51.1 Å². The van der Waals surface area contributed by atoms with Crippen LogP contribution in [0.4, 0.5) is 4.79 Å². The second kappa shape index (κ2) is 17.6. The lowest BCUT2D eigenvalue weighted by Crippen LogP contribution is -2.50. The molecule has 0 aliphatic rings. The smallest absolute Gasteiger partial charge is 0.408 e. The number of ether oxygens (including phenoxy) is 1. The van der Waals surface area contributed by atoms with Gasteiger partial charge in [-0.15, -0.1) is 0 Å². The van der Waals surface area contributed by atoms with Gasteiger partial charge in [-0.3, -0.25) is 9.59 Å². The van der Waals surface area contributed by atoms with Crippen LogP contribution >= 0.6 is 0 Å². The van der Waals surface area contributed by atoms with E-state index in [9.17, 15) is 19.2 Å². The average Bonchev–Trinajstić information content (AvgIpc) is 2.75. The van der Waals surface area contributed by atoms with Gasteiger partial charge in [-0.1, -0.05) is 78.3 Å². The summed E-state index contributed by atoms with van der Waals surface area (Å²) < 4.78 is 5.16. The summed E-state index contributed by atoms with van der Waals surface area (Å²) in [5, 5.41) is 7.60. The van der Waals surface area contributed by atoms with Crippen LogP contribution in [0.1, 0.15) is 66.4 Å². The molecule has 1 aromatic carbocycles. The summed E-state index contributed by atoms with van der Waals surface area (Å²) >= 11 is 0. The Labute approximate surface area is 198 Å². The molecule has 0 heterocycles. The van der Waals surface area contributed by atoms with Crippen molar-refractivity contribution in [2.45, 2.75) is 79.5 Å². The van der Waals surface area contributed by atoms with Gasteiger partial charge in [-0.2, -0.15) is 0 Å². The molecule has 0 aromatic heterocycles. The fourth-order valence-electron chi connectivity index (χ4n) is 2.64. The minimum absolute atomic E-state index is 0.0929. The normalized spacial score (nSPS) is 12.1. The Morgan fingerprint density at radius 3 is 2.12 bits per heavy atom. The third kappa shape index (κ3) is 16.4. The number of carbonyl (C=O) groups excluding carboxylic acids is 4. The molecular formula is C25H41N3O5. The van der Waals surface area contributed by atoms with Crippen LogP contribution in [0.3, 0.4) is 0 Å². The van der Waals surface area contributed by atoms with Crippen molar-refractivity contribution in [1.82, 2.24) is 16.0 Å². The van der Waals surface area contributed by atoms with Gasteiger partial charge in [0.15, 0.2) is 0 Å². The molecule has 1 unspecified atom stereocenters. The van der Waals surface area contributed by atoms with Gasteiger partial charge in [-0.25, -0.2) is 4.79 Å². The van der Waals surface area contributed by atoms with Crippen LogP contribution in [-0.4, -0.2) is 42.8 Å². The van der Waals surface area contributed by atoms with E-state index in [0.717, 1.165) is 17.9 Å². The molecule has 2 atom stereocenters. The zero-order valence-corrected chi connectivity index (χ0v) is 20.9. The molecule has 1 rings (SSSR count). The quantitative estimate of drug-likeness (QED) is 0.410. The van der Waals surface area contributed by atoms with Crippen LogP contribution in [0.25, 0.3) is 0 Å². The minimum Gasteiger partial charge on any atom is -0.445 e. The van der Waals surface area contributed by atoms with Gasteiger partial charge in [0.05, 0.1) is 12.6 Å². The van der Waals surface area contributed by atoms with Crippen LogP contribution in [0, 0.1) is 11.8 Å². The summed E-state index contributed by atoms with van der Waals surface area (Å²) in [6.45, 7) is 12.1. The lowest BCUT2D eigenvalue weighted by Gasteiger charge is -2.20. The van der Waals surface area contributed by atoms with Crippen molar-refractivity contribution in [3.63, 3.8) is 0 Å². The van der Waals surface area contributed by atoms with Crippen LogP contribution in [0.15, 0.2) is 30.3 Å². The molecule has 0 radical (unpaired) electrons. The van der Waals surface area contributed by atoms with E-state index in [-0.39, 0.29) is 19.1 Å². The fraction of sp³-hybridized carbons (Fsp3) is 0.600. The Morgan fingerprint density at radius 2 is 1.61 bits per heavy atom. The van der Waals surface area contributed by atoms with Crippen molar-refractivity contribution < 1.29 is 23.9 Å². The van der Waals surface area contributed by atoms with Gasteiger partial charge >= 0.3 is 6.09 Å². The lowest BCUT2D eigenvalue weighted by atomic mass is 10.0. The molecule has 3 N–H and O–H groups in total. The molecule has 0 spiro atoms. The zero-order chi connectivity index (χ0) is 25.2. The first-order valence-corrected chi connectivity index (χ1v) is 11.6. The van der Waals surface area contributed by atoms with E-state index in [1.165, 1.54) is 0 Å². The van der Waals surface area contributed by atoms with Crippen LogP contribution in [-0.2, 0) is 25.7 Å². The predicted octanol–water partition coefficient (Wildman–Crippen LogP) is 3.59. The highest BCUT2D eigenvalue weighted by atomic mass is 16.5. The number of rotatable bonds is 12. The Bertz CT molecular complexity index is 704. The van der Waals surface area contributed by atoms with E-state index >= 15 is 0 Å². The van der Waals surface area contributed by atoms with Gasteiger partial charge in [0.1, 0.15) is 18.9 Å². The highest BCUT2D eigenvalue weighted by molar-refractivity contribution is 5.90. The molecule has 8 nitrogen and oxygen atoms in total. The highest BCUT2D eigenvalue weighted by Gasteiger charge is 2.23. The van der Waals surface area contributed by atoms with E-state index in [4.69, 9.17) is 4.74 Å². The molecule has 0 aliphatic heterocycles. The summed E-state index contributed by atoms with van der Waals surface area (Å²) in [5.41, 5.74) is 0.834. The molecule has 0 fully saturated rings. The lowest BCUT2D eigenvalue weighted by molar-refractivity contribution is -0.128. The minimum atomic E-state index is -0.830. The van der Waals surface area contributed by atoms with Gasteiger partial charge in [0, 0.05) is 0 Å². The van der Waals surface area contributed by atoms with Gasteiger partial charge in [0.25, 0.3) is 0 Å². The van der Waals surface area contributed by atoms with Crippen molar-refractivity contribution in [2.75, 3.05) is 6.54 Å². The van der Waals surface area contributed by atoms with Crippen molar-refractivity contribution in [3.05, 3.63) is 35.9 Å². The number of hydrogen-bond donors (Lipinski definition) is 3. The van der Waals surface area contributed by atoms with Crippen LogP contribution in [0.2, 0.25) is 0 Å². The summed E-state index contributed by atoms with van der Waals surface area (Å²) in [5.74, 6) is 0.0282. The predicted molar refractivity (Wildman–Crippen MR) is 129 cm³/mol. The van der Waals surface area contributed by atoms with Gasteiger partial charge in [-0.05, 0) is 30.2 Å². The molecule has 33 heavy (non-hydrogen) atoms. The molecule has 186 valence electrons. The second-order valence-corrected chi connectivity index (χ2v) is 8.94. The van der Waals surface area contributed by atoms with E-state index in [1.54, 1.807) is 0 Å². The Hall–Kier alpha value is -2.90. The molecule has 3 amide bonds. The monoisotopic (exact) mass is 463 g/mol. The first-order chi connectivity index (χ1) is 15.6. The van der Waals surface area contributed by atoms with Gasteiger partial charge < -0.3 is 25.5 Å². The average molecular weight is 464 g/mol. The Balaban J connectivity index is 0.00000235. The summed E-state index contributed by atoms with van der Waals surface area (Å²) in [7, 11) is 0. The maximum absolute atomic E-state index is 12.4. The number of nitrogens with one attached hydrogen (secondary N) is 3. The molecular weight excluding hydrogens is 422 g/mol. The Kier molecular flexibility index (Phi) is 16.1. The van der Waals surface area contributed by atoms with Gasteiger partial charge in [0.2, 0.25) is 11.8 Å². The van der Waals surface area contributed by atoms with E-state index in [2.05, 4.69) is 36.7 Å². The molecule has 0 saturated heterocycles. The fourth-order valence-corrected chi connectivity index (χ4v) is 2.64. The van der Waals surface area contributed by atoms with Crippen molar-refractivity contribution in [1.29, 1.82) is 0 Å². The molecule has 0 saturated carbocycles. The number of alkyl carbamates (subject to hydrolysis) is 1. The summed E-state index contributed by atoms with van der Waals surface area (Å²) in [4.78, 5) is 47.4. The zero-order valence-electron chi connectivity index (χ0n) is 20.9. The number of amides is 3. The number of aldehydes is 1. The first-order valence-electron chi connectivity index (χ1n) is 11.6. The standard InChI is InChI=1S/C21H31N3O5.C4H10/c1-4-8-17(13-25)23-19(26)12-22-20(27)18(11-15(2)3)24-21(28)29-14-16-9-6-5-7-10-16;1-4(2)3/h5-7,9-10,13,15,17-18H,4,8,11-12,14H2,1-3H3,(H,22,27)(H,23,26)(H,24,28);4H,1-3H3/t17-,18?;/m0./s1. The van der Waals surface area contributed by atoms with E-state index in [0.29, 0.717) is 19.1 Å². The maximum atomic E-state index is 12.4. The number of carbonyl (C=O) groups is 4.